The molecule has 0 radical (unpaired) electrons. The Morgan fingerprint density at radius 2 is 2.40 bits per heavy atom. The van der Waals surface area contributed by atoms with Crippen molar-refractivity contribution in [2.75, 3.05) is 14.1 Å². The van der Waals surface area contributed by atoms with Crippen LogP contribution >= 0.6 is 24.0 Å². The summed E-state index contributed by atoms with van der Waals surface area (Å²) >= 11 is 6.07. The zero-order valence-corrected chi connectivity index (χ0v) is 10.0. The van der Waals surface area contributed by atoms with Gasteiger partial charge in [0.15, 0.2) is 5.50 Å². The molecule has 2 unspecified atom stereocenters. The molecule has 84 valence electrons. The van der Waals surface area contributed by atoms with E-state index < -0.39 is 11.2 Å². The summed E-state index contributed by atoms with van der Waals surface area (Å²) in [7, 11) is 3.41. The minimum Gasteiger partial charge on any atom is -0.481 e. The Hall–Kier alpha value is -0.820. The van der Waals surface area contributed by atoms with Crippen LogP contribution in [0.2, 0.25) is 0 Å². The lowest BCUT2D eigenvalue weighted by atomic mass is 10.3. The molecule has 5 nitrogen and oxygen atoms in total. The summed E-state index contributed by atoms with van der Waals surface area (Å²) in [6.45, 7) is 0. The summed E-state index contributed by atoms with van der Waals surface area (Å²) < 4.78 is 0. The molecule has 0 aromatic heterocycles. The molecule has 0 spiro atoms. The highest BCUT2D eigenvalue weighted by atomic mass is 32.2. The van der Waals surface area contributed by atoms with Crippen LogP contribution in [0.5, 0.6) is 0 Å². The number of nitrogens with zero attached hydrogens (tertiary/aromatic N) is 2. The van der Waals surface area contributed by atoms with Gasteiger partial charge >= 0.3 is 5.97 Å². The molecule has 0 aromatic carbocycles. The van der Waals surface area contributed by atoms with E-state index in [1.165, 1.54) is 22.2 Å². The first kappa shape index (κ1) is 12.3. The van der Waals surface area contributed by atoms with Gasteiger partial charge in [0.05, 0.1) is 17.2 Å². The van der Waals surface area contributed by atoms with Crippen molar-refractivity contribution in [2.24, 2.45) is 0 Å². The SMILES string of the molecule is CN(C=S)C1SC(CC(=O)O)C(=O)N1C. The van der Waals surface area contributed by atoms with Gasteiger partial charge in [-0.05, 0) is 0 Å². The van der Waals surface area contributed by atoms with E-state index in [0.717, 1.165) is 0 Å². The smallest absolute Gasteiger partial charge is 0.305 e. The lowest BCUT2D eigenvalue weighted by Crippen LogP contribution is -2.39. The summed E-state index contributed by atoms with van der Waals surface area (Å²) in [5.41, 5.74) is 1.25. The van der Waals surface area contributed by atoms with E-state index in [9.17, 15) is 9.59 Å². The fourth-order valence-electron chi connectivity index (χ4n) is 1.35. The molecule has 1 fully saturated rings. The molecule has 1 aliphatic heterocycles. The van der Waals surface area contributed by atoms with Crippen LogP contribution in [0.15, 0.2) is 0 Å². The van der Waals surface area contributed by atoms with E-state index in [-0.39, 0.29) is 17.8 Å². The zero-order valence-electron chi connectivity index (χ0n) is 8.41. The lowest BCUT2D eigenvalue weighted by molar-refractivity contribution is -0.139. The molecule has 1 amide bonds. The average Bonchev–Trinajstić information content (AvgIpc) is 2.44. The third-order valence-electron chi connectivity index (χ3n) is 2.12. The molecular formula is C8H12N2O3S2. The third-order valence-corrected chi connectivity index (χ3v) is 4.04. The number of carboxylic acids is 1. The summed E-state index contributed by atoms with van der Waals surface area (Å²) in [5, 5.41) is 8.13. The number of thioether (sulfide) groups is 1. The van der Waals surface area contributed by atoms with E-state index in [4.69, 9.17) is 17.3 Å². The lowest BCUT2D eigenvalue weighted by Gasteiger charge is -2.26. The van der Waals surface area contributed by atoms with E-state index in [1.807, 2.05) is 0 Å². The van der Waals surface area contributed by atoms with Gasteiger partial charge in [0.2, 0.25) is 5.91 Å². The number of hydrogen-bond donors (Lipinski definition) is 1. The molecule has 0 saturated carbocycles. The number of amides is 1. The van der Waals surface area contributed by atoms with Crippen molar-refractivity contribution in [3.05, 3.63) is 0 Å². The molecule has 15 heavy (non-hydrogen) atoms. The quantitative estimate of drug-likeness (QED) is 0.718. The summed E-state index contributed by atoms with van der Waals surface area (Å²) in [6.07, 6.45) is -0.143. The monoisotopic (exact) mass is 248 g/mol. The number of rotatable bonds is 4. The highest BCUT2D eigenvalue weighted by molar-refractivity contribution is 8.01. The number of aliphatic carboxylic acids is 1. The van der Waals surface area contributed by atoms with Gasteiger partial charge in [-0.15, -0.1) is 11.8 Å². The van der Waals surface area contributed by atoms with Gasteiger partial charge in [0, 0.05) is 14.1 Å². The van der Waals surface area contributed by atoms with Crippen LogP contribution in [0.1, 0.15) is 6.42 Å². The molecule has 0 aliphatic carbocycles. The van der Waals surface area contributed by atoms with Crippen LogP contribution in [0.25, 0.3) is 0 Å². The topological polar surface area (TPSA) is 60.9 Å². The maximum atomic E-state index is 11.6. The van der Waals surface area contributed by atoms with Crippen LogP contribution < -0.4 is 0 Å². The van der Waals surface area contributed by atoms with Crippen molar-refractivity contribution in [3.63, 3.8) is 0 Å². The van der Waals surface area contributed by atoms with Gasteiger partial charge in [-0.2, -0.15) is 0 Å². The highest BCUT2D eigenvalue weighted by Gasteiger charge is 2.40. The Morgan fingerprint density at radius 3 is 2.87 bits per heavy atom. The summed E-state index contributed by atoms with van der Waals surface area (Å²) in [6, 6.07) is 0. The van der Waals surface area contributed by atoms with E-state index in [2.05, 4.69) is 0 Å². The normalized spacial score (nSPS) is 25.5. The molecule has 2 atom stereocenters. The number of thiocarbonyl (C=S) groups is 1. The summed E-state index contributed by atoms with van der Waals surface area (Å²) in [4.78, 5) is 25.4. The zero-order chi connectivity index (χ0) is 11.6. The van der Waals surface area contributed by atoms with Crippen molar-refractivity contribution in [1.29, 1.82) is 0 Å². The van der Waals surface area contributed by atoms with Crippen molar-refractivity contribution in [3.8, 4) is 0 Å². The van der Waals surface area contributed by atoms with Gasteiger partial charge in [-0.3, -0.25) is 9.59 Å². The van der Waals surface area contributed by atoms with Gasteiger partial charge in [-0.25, -0.2) is 0 Å². The second kappa shape index (κ2) is 4.80. The van der Waals surface area contributed by atoms with Crippen molar-refractivity contribution in [1.82, 2.24) is 9.80 Å². The van der Waals surface area contributed by atoms with E-state index in [1.54, 1.807) is 19.0 Å². The Labute approximate surface area is 97.4 Å². The first-order chi connectivity index (χ1) is 6.97. The molecular weight excluding hydrogens is 236 g/mol. The highest BCUT2D eigenvalue weighted by Crippen LogP contribution is 2.33. The Kier molecular flexibility index (Phi) is 3.92. The Bertz CT molecular complexity index is 298. The molecule has 1 N–H and O–H groups in total. The largest absolute Gasteiger partial charge is 0.481 e. The van der Waals surface area contributed by atoms with Crippen LogP contribution in [-0.2, 0) is 9.59 Å². The van der Waals surface area contributed by atoms with Crippen LogP contribution in [0, 0.1) is 0 Å². The van der Waals surface area contributed by atoms with Gasteiger partial charge < -0.3 is 14.9 Å². The third kappa shape index (κ3) is 2.60. The fraction of sp³-hybridized carbons (Fsp3) is 0.625. The van der Waals surface area contributed by atoms with Crippen molar-refractivity contribution < 1.29 is 14.7 Å². The van der Waals surface area contributed by atoms with Crippen molar-refractivity contribution in [2.45, 2.75) is 17.2 Å². The van der Waals surface area contributed by atoms with Gasteiger partial charge in [-0.1, -0.05) is 12.2 Å². The minimum atomic E-state index is -0.958. The average molecular weight is 248 g/mol. The van der Waals surface area contributed by atoms with Crippen LogP contribution in [0.3, 0.4) is 0 Å². The molecule has 1 saturated heterocycles. The number of carbonyl (C=O) groups is 2. The predicted octanol–water partition coefficient (Wildman–Crippen LogP) is 0.207. The van der Waals surface area contributed by atoms with E-state index in [0.29, 0.717) is 0 Å². The molecule has 1 rings (SSSR count). The fourth-order valence-corrected chi connectivity index (χ4v) is 2.89. The maximum absolute atomic E-state index is 11.6. The second-order valence-electron chi connectivity index (χ2n) is 3.27. The first-order valence-corrected chi connectivity index (χ1v) is 5.70. The number of carboxylic acid groups (broad SMARTS) is 1. The van der Waals surface area contributed by atoms with Crippen molar-refractivity contribution >= 4 is 41.3 Å². The molecule has 1 heterocycles. The van der Waals surface area contributed by atoms with Crippen LogP contribution in [-0.4, -0.2) is 57.1 Å². The molecule has 0 bridgehead atoms. The standard InChI is InChI=1S/C8H12N2O3S2/c1-9(4-14)8-10(2)7(13)5(15-8)3-6(11)12/h4-5,8H,3H2,1-2H3,(H,11,12). The van der Waals surface area contributed by atoms with Crippen LogP contribution in [0.4, 0.5) is 0 Å². The predicted molar refractivity (Wildman–Crippen MR) is 61.6 cm³/mol. The Morgan fingerprint density at radius 1 is 1.80 bits per heavy atom. The van der Waals surface area contributed by atoms with Gasteiger partial charge in [0.1, 0.15) is 0 Å². The summed E-state index contributed by atoms with van der Waals surface area (Å²) in [5.74, 6) is -1.11. The first-order valence-electron chi connectivity index (χ1n) is 4.28. The molecule has 7 heteroatoms. The van der Waals surface area contributed by atoms with E-state index >= 15 is 0 Å². The minimum absolute atomic E-state index is 0.143. The van der Waals surface area contributed by atoms with Gasteiger partial charge in [0.25, 0.3) is 0 Å². The number of hydrogen-bond acceptors (Lipinski definition) is 4. The number of carbonyl (C=O) groups excluding carboxylic acids is 1. The maximum Gasteiger partial charge on any atom is 0.305 e. The molecule has 0 aromatic rings. The molecule has 1 aliphatic rings. The second-order valence-corrected chi connectivity index (χ2v) is 4.74. The Balaban J connectivity index is 2.71.